The summed E-state index contributed by atoms with van der Waals surface area (Å²) in [5.74, 6) is -3.13. The lowest BCUT2D eigenvalue weighted by Crippen LogP contribution is -2.45. The molecule has 0 spiro atoms. The smallest absolute Gasteiger partial charge is 0.326 e. The topological polar surface area (TPSA) is 300 Å². The van der Waals surface area contributed by atoms with E-state index in [1.807, 2.05) is 0 Å². The van der Waals surface area contributed by atoms with Crippen LogP contribution >= 0.6 is 9.24 Å². The predicted molar refractivity (Wildman–Crippen MR) is 277 cm³/mol. The van der Waals surface area contributed by atoms with Crippen molar-refractivity contribution in [3.8, 4) is 0 Å². The highest BCUT2D eigenvalue weighted by atomic mass is 31.0. The quantitative estimate of drug-likeness (QED) is 0.0303. The summed E-state index contributed by atoms with van der Waals surface area (Å²) < 4.78 is 21.4. The van der Waals surface area contributed by atoms with Crippen LogP contribution in [0.3, 0.4) is 0 Å². The summed E-state index contributed by atoms with van der Waals surface area (Å²) in [5.41, 5.74) is 5.53. The molecule has 1 unspecified atom stereocenters. The van der Waals surface area contributed by atoms with Crippen molar-refractivity contribution in [3.05, 3.63) is 0 Å². The van der Waals surface area contributed by atoms with Gasteiger partial charge in [0.1, 0.15) is 19.3 Å². The van der Waals surface area contributed by atoms with Gasteiger partial charge in [-0.1, -0.05) is 99.1 Å². The van der Waals surface area contributed by atoms with Gasteiger partial charge in [0, 0.05) is 51.4 Å². The maximum Gasteiger partial charge on any atom is 0.326 e. The standard InChI is InChI=1S/C51H93N6O14P/c52-42(51(67)72)19-17-18-28-53-46(60)38-70-35-34-69-32-30-55-47(61)39-71-36-33-68-31-29-54-45(59)27-26-43(50(65)66)57-49(64)41-24-22-40(23-25-41)37-56-44(58)20-15-13-11-9-7-5-3-1-2-4-6-8-10-12-14-16-21-48(62)63/h40-43H,1-39,52,72H2,(H,53,60)(H,54,59)(H,55,61)(H,56,58)(H,57,64)(H,62,63)(H,65,66)/t40?,41?,42-,43-/m0/s1. The first-order chi connectivity index (χ1) is 34.8. The van der Waals surface area contributed by atoms with Crippen LogP contribution in [-0.2, 0) is 57.3 Å². The number of carbonyl (C=O) groups excluding carboxylic acids is 6. The Morgan fingerprint density at radius 3 is 1.42 bits per heavy atom. The number of carboxylic acid groups (broad SMARTS) is 2. The number of carbonyl (C=O) groups is 8. The minimum atomic E-state index is -1.20. The van der Waals surface area contributed by atoms with E-state index >= 15 is 0 Å². The van der Waals surface area contributed by atoms with Crippen molar-refractivity contribution >= 4 is 56.2 Å². The van der Waals surface area contributed by atoms with E-state index in [-0.39, 0.29) is 132 Å². The average Bonchev–Trinajstić information content (AvgIpc) is 3.35. The molecule has 0 heterocycles. The van der Waals surface area contributed by atoms with Crippen molar-refractivity contribution in [2.24, 2.45) is 17.6 Å². The summed E-state index contributed by atoms with van der Waals surface area (Å²) in [7, 11) is 2.07. The molecule has 0 aromatic carbocycles. The summed E-state index contributed by atoms with van der Waals surface area (Å²) in [5, 5.41) is 32.1. The average molecular weight is 1050 g/mol. The van der Waals surface area contributed by atoms with Crippen LogP contribution in [0.25, 0.3) is 0 Å². The molecule has 0 saturated heterocycles. The summed E-state index contributed by atoms with van der Waals surface area (Å²) in [6, 6.07) is -1.68. The van der Waals surface area contributed by atoms with Gasteiger partial charge in [-0.25, -0.2) is 4.79 Å². The van der Waals surface area contributed by atoms with Crippen LogP contribution in [-0.4, -0.2) is 148 Å². The number of nitrogens with one attached hydrogen (secondary N) is 5. The molecule has 1 aliphatic carbocycles. The van der Waals surface area contributed by atoms with E-state index in [1.165, 1.54) is 64.2 Å². The second-order valence-corrected chi connectivity index (χ2v) is 19.5. The van der Waals surface area contributed by atoms with Gasteiger partial charge in [-0.3, -0.25) is 33.6 Å². The number of ether oxygens (including phenoxy) is 4. The van der Waals surface area contributed by atoms with E-state index in [2.05, 4.69) is 35.8 Å². The second-order valence-electron chi connectivity index (χ2n) is 18.9. The lowest BCUT2D eigenvalue weighted by atomic mass is 9.81. The Morgan fingerprint density at radius 2 is 0.931 bits per heavy atom. The molecule has 1 fully saturated rings. The van der Waals surface area contributed by atoms with Gasteiger partial charge in [-0.05, 0) is 70.1 Å². The Kier molecular flexibility index (Phi) is 42.1. The molecule has 0 aromatic heterocycles. The molecule has 9 N–H and O–H groups in total. The van der Waals surface area contributed by atoms with Gasteiger partial charge in [0.15, 0.2) is 5.52 Å². The largest absolute Gasteiger partial charge is 0.481 e. The van der Waals surface area contributed by atoms with Crippen molar-refractivity contribution in [2.75, 3.05) is 79.0 Å². The van der Waals surface area contributed by atoms with Crippen molar-refractivity contribution in [2.45, 2.75) is 185 Å². The third kappa shape index (κ3) is 40.6. The summed E-state index contributed by atoms with van der Waals surface area (Å²) in [6.45, 7) is 2.49. The molecule has 0 radical (unpaired) electrons. The maximum atomic E-state index is 13.0. The number of aliphatic carboxylic acids is 2. The number of hydrogen-bond donors (Lipinski definition) is 8. The molecule has 1 aliphatic rings. The fraction of sp³-hybridized carbons (Fsp3) is 0.843. The first kappa shape index (κ1) is 66.2. The fourth-order valence-corrected chi connectivity index (χ4v) is 8.35. The molecular formula is C51H93N6O14P. The van der Waals surface area contributed by atoms with Crippen LogP contribution in [0.15, 0.2) is 0 Å². The summed E-state index contributed by atoms with van der Waals surface area (Å²) in [6.07, 6.45) is 24.1. The number of hydrogen-bond acceptors (Lipinski definition) is 13. The fourth-order valence-electron chi connectivity index (χ4n) is 8.18. The Morgan fingerprint density at radius 1 is 0.486 bits per heavy atom. The normalized spacial score (nSPS) is 15.2. The molecule has 0 aromatic rings. The predicted octanol–water partition coefficient (Wildman–Crippen LogP) is 4.68. The Labute approximate surface area is 431 Å². The summed E-state index contributed by atoms with van der Waals surface area (Å²) in [4.78, 5) is 95.1. The molecule has 0 aliphatic heterocycles. The third-order valence-corrected chi connectivity index (χ3v) is 13.0. The van der Waals surface area contributed by atoms with Crippen molar-refractivity contribution in [1.82, 2.24) is 26.6 Å². The van der Waals surface area contributed by atoms with Crippen LogP contribution in [0.2, 0.25) is 0 Å². The minimum absolute atomic E-state index is 0.0573. The summed E-state index contributed by atoms with van der Waals surface area (Å²) >= 11 is 0. The maximum absolute atomic E-state index is 13.0. The highest BCUT2D eigenvalue weighted by Gasteiger charge is 2.30. The molecule has 0 bridgehead atoms. The molecule has 1 rings (SSSR count). The van der Waals surface area contributed by atoms with Crippen LogP contribution in [0.5, 0.6) is 0 Å². The van der Waals surface area contributed by atoms with Gasteiger partial charge >= 0.3 is 11.9 Å². The minimum Gasteiger partial charge on any atom is -0.481 e. The zero-order chi connectivity index (χ0) is 52.9. The molecule has 416 valence electrons. The van der Waals surface area contributed by atoms with E-state index in [1.54, 1.807) is 0 Å². The monoisotopic (exact) mass is 1040 g/mol. The van der Waals surface area contributed by atoms with Gasteiger partial charge in [0.05, 0.1) is 45.7 Å². The number of unbranched alkanes of at least 4 members (excludes halogenated alkanes) is 16. The second kappa shape index (κ2) is 45.8. The highest BCUT2D eigenvalue weighted by molar-refractivity contribution is 7.40. The van der Waals surface area contributed by atoms with Crippen molar-refractivity contribution in [3.63, 3.8) is 0 Å². The first-order valence-electron chi connectivity index (χ1n) is 27.0. The van der Waals surface area contributed by atoms with Crippen LogP contribution in [0, 0.1) is 11.8 Å². The van der Waals surface area contributed by atoms with Crippen LogP contribution < -0.4 is 32.3 Å². The zero-order valence-electron chi connectivity index (χ0n) is 43.3. The molecule has 3 atom stereocenters. The van der Waals surface area contributed by atoms with E-state index in [9.17, 15) is 43.5 Å². The number of amides is 5. The number of rotatable bonds is 49. The van der Waals surface area contributed by atoms with Crippen molar-refractivity contribution < 1.29 is 67.5 Å². The third-order valence-electron chi connectivity index (χ3n) is 12.6. The molecule has 72 heavy (non-hydrogen) atoms. The molecule has 1 saturated carbocycles. The SMILES string of the molecule is N[C@@H](CCCCNC(=O)COCCOCCNC(=O)COCCOCCNC(=O)CC[C@H](NC(=O)C1CCC(CNC(=O)CCCCCCCCCCCCCCCCCCC(=O)O)CC1)C(=O)O)C(=O)P. The van der Waals surface area contributed by atoms with Gasteiger partial charge in [-0.15, -0.1) is 0 Å². The Balaban J connectivity index is 1.97. The van der Waals surface area contributed by atoms with Gasteiger partial charge in [0.2, 0.25) is 29.5 Å². The lowest BCUT2D eigenvalue weighted by Gasteiger charge is -2.28. The van der Waals surface area contributed by atoms with Gasteiger partial charge in [-0.2, -0.15) is 0 Å². The van der Waals surface area contributed by atoms with Gasteiger partial charge in [0.25, 0.3) is 0 Å². The van der Waals surface area contributed by atoms with Crippen LogP contribution in [0.1, 0.15) is 173 Å². The zero-order valence-corrected chi connectivity index (χ0v) is 44.5. The molecular weight excluding hydrogens is 952 g/mol. The highest BCUT2D eigenvalue weighted by Crippen LogP contribution is 2.29. The lowest BCUT2D eigenvalue weighted by molar-refractivity contribution is -0.143. The van der Waals surface area contributed by atoms with Gasteiger partial charge < -0.3 is 61.5 Å². The van der Waals surface area contributed by atoms with E-state index in [0.717, 1.165) is 57.8 Å². The first-order valence-corrected chi connectivity index (χ1v) is 27.5. The Hall–Kier alpha value is -3.81. The Bertz CT molecular complexity index is 1510. The van der Waals surface area contributed by atoms with E-state index in [0.29, 0.717) is 45.2 Å². The van der Waals surface area contributed by atoms with E-state index < -0.39 is 24.0 Å². The molecule has 5 amide bonds. The number of nitrogens with two attached hydrogens (primary N) is 1. The number of carboxylic acids is 2. The molecule has 20 nitrogen and oxygen atoms in total. The van der Waals surface area contributed by atoms with Crippen molar-refractivity contribution in [1.29, 1.82) is 0 Å². The van der Waals surface area contributed by atoms with Crippen LogP contribution in [0.4, 0.5) is 0 Å². The molecule has 21 heteroatoms. The van der Waals surface area contributed by atoms with E-state index in [4.69, 9.17) is 29.8 Å².